The number of rotatable bonds is 1. The third-order valence-corrected chi connectivity index (χ3v) is 0.897. The number of carboxylic acid groups (broad SMARTS) is 1. The molecule has 1 atom stereocenters. The van der Waals surface area contributed by atoms with E-state index in [0.29, 0.717) is 0 Å². The molecule has 0 radical (unpaired) electrons. The van der Waals surface area contributed by atoms with Crippen LogP contribution in [0.4, 0.5) is 0 Å². The summed E-state index contributed by atoms with van der Waals surface area (Å²) in [4.78, 5) is 10.00. The van der Waals surface area contributed by atoms with E-state index < -0.39 is 12.1 Å². The predicted molar refractivity (Wildman–Crippen MR) is 23.3 cm³/mol. The summed E-state index contributed by atoms with van der Waals surface area (Å²) >= 11 is 0. The maximum atomic E-state index is 10.00. The van der Waals surface area contributed by atoms with Crippen LogP contribution in [-0.4, -0.2) is 30.6 Å². The van der Waals surface area contributed by atoms with Crippen LogP contribution in [0.25, 0.3) is 0 Å². The third-order valence-electron chi connectivity index (χ3n) is 0.897. The largest absolute Gasteiger partial charge is 0.479 e. The first kappa shape index (κ1) is 5.53. The third kappa shape index (κ3) is 0.962. The number of carbonyl (C=O) groups is 1. The van der Waals surface area contributed by atoms with Crippen LogP contribution < -0.4 is 0 Å². The Hall–Kier alpha value is -0.610. The lowest BCUT2D eigenvalue weighted by Gasteiger charge is -1.95. The smallest absolute Gasteiger partial charge is 0.335 e. The van der Waals surface area contributed by atoms with Gasteiger partial charge in [0, 0.05) is 0 Å². The van der Waals surface area contributed by atoms with Gasteiger partial charge in [-0.25, -0.2) is 4.79 Å². The van der Waals surface area contributed by atoms with Crippen molar-refractivity contribution < 1.29 is 19.4 Å². The standard InChI is InChI=1S/C4H6O4/c5-4(6)3-1-7-2-8-3/h3H,1-2H2,(H,5,6)/t3-/m0/s1. The molecule has 1 heterocycles. The van der Waals surface area contributed by atoms with Crippen LogP contribution in [0.2, 0.25) is 0 Å². The van der Waals surface area contributed by atoms with Crippen LogP contribution >= 0.6 is 0 Å². The molecule has 0 amide bonds. The van der Waals surface area contributed by atoms with Crippen molar-refractivity contribution in [1.82, 2.24) is 0 Å². The van der Waals surface area contributed by atoms with Crippen LogP contribution in [0.15, 0.2) is 0 Å². The van der Waals surface area contributed by atoms with Crippen molar-refractivity contribution >= 4 is 5.97 Å². The second-order valence-electron chi connectivity index (χ2n) is 1.48. The molecule has 0 spiro atoms. The summed E-state index contributed by atoms with van der Waals surface area (Å²) in [5.41, 5.74) is 0. The van der Waals surface area contributed by atoms with Crippen LogP contribution in [0.1, 0.15) is 0 Å². The van der Waals surface area contributed by atoms with Gasteiger partial charge in [-0.05, 0) is 0 Å². The van der Waals surface area contributed by atoms with Gasteiger partial charge in [-0.15, -0.1) is 0 Å². The summed E-state index contributed by atoms with van der Waals surface area (Å²) < 4.78 is 9.21. The molecule has 1 saturated heterocycles. The lowest BCUT2D eigenvalue weighted by Crippen LogP contribution is -2.21. The van der Waals surface area contributed by atoms with Gasteiger partial charge in [-0.1, -0.05) is 0 Å². The normalized spacial score (nSPS) is 28.2. The molecule has 1 rings (SSSR count). The number of ether oxygens (including phenoxy) is 2. The molecule has 4 nitrogen and oxygen atoms in total. The second kappa shape index (κ2) is 2.11. The van der Waals surface area contributed by atoms with Crippen molar-refractivity contribution in [1.29, 1.82) is 0 Å². The molecule has 0 aromatic rings. The first-order chi connectivity index (χ1) is 3.80. The Bertz CT molecular complexity index is 94.2. The zero-order valence-electron chi connectivity index (χ0n) is 4.16. The van der Waals surface area contributed by atoms with Gasteiger partial charge in [-0.3, -0.25) is 0 Å². The maximum absolute atomic E-state index is 10.00. The quantitative estimate of drug-likeness (QED) is 0.501. The molecular formula is C4H6O4. The molecule has 1 fully saturated rings. The monoisotopic (exact) mass is 118 g/mol. The van der Waals surface area contributed by atoms with Gasteiger partial charge in [0.15, 0.2) is 6.10 Å². The van der Waals surface area contributed by atoms with E-state index in [1.807, 2.05) is 0 Å². The molecule has 1 aliphatic heterocycles. The summed E-state index contributed by atoms with van der Waals surface area (Å²) in [5.74, 6) is -0.956. The first-order valence-corrected chi connectivity index (χ1v) is 2.23. The maximum Gasteiger partial charge on any atom is 0.335 e. The first-order valence-electron chi connectivity index (χ1n) is 2.23. The Morgan fingerprint density at radius 3 is 2.75 bits per heavy atom. The highest BCUT2D eigenvalue weighted by atomic mass is 16.7. The van der Waals surface area contributed by atoms with E-state index in [2.05, 4.69) is 9.47 Å². The van der Waals surface area contributed by atoms with Gasteiger partial charge in [0.25, 0.3) is 0 Å². The van der Waals surface area contributed by atoms with Gasteiger partial charge in [0.1, 0.15) is 6.79 Å². The molecule has 0 bridgehead atoms. The summed E-state index contributed by atoms with van der Waals surface area (Å²) in [7, 11) is 0. The molecule has 0 aromatic heterocycles. The SMILES string of the molecule is O=C(O)[C@@H]1COCO1. The molecule has 46 valence electrons. The predicted octanol–water partition coefficient (Wildman–Crippen LogP) is -0.556. The Balaban J connectivity index is 2.35. The molecule has 0 unspecified atom stereocenters. The average Bonchev–Trinajstić information content (AvgIpc) is 2.12. The van der Waals surface area contributed by atoms with Crippen LogP contribution in [0, 0.1) is 0 Å². The van der Waals surface area contributed by atoms with Crippen molar-refractivity contribution in [3.8, 4) is 0 Å². The Labute approximate surface area is 46.0 Å². The lowest BCUT2D eigenvalue weighted by atomic mass is 10.4. The molecule has 8 heavy (non-hydrogen) atoms. The summed E-state index contributed by atoms with van der Waals surface area (Å²) in [6.07, 6.45) is -0.741. The van der Waals surface area contributed by atoms with Crippen molar-refractivity contribution in [2.75, 3.05) is 13.4 Å². The summed E-state index contributed by atoms with van der Waals surface area (Å²) in [5, 5.41) is 8.21. The fourth-order valence-electron chi connectivity index (χ4n) is 0.476. The van der Waals surface area contributed by atoms with Crippen LogP contribution in [0.3, 0.4) is 0 Å². The van der Waals surface area contributed by atoms with E-state index in [1.54, 1.807) is 0 Å². The molecule has 0 aliphatic carbocycles. The number of hydrogen-bond donors (Lipinski definition) is 1. The Kier molecular flexibility index (Phi) is 1.45. The average molecular weight is 118 g/mol. The van der Waals surface area contributed by atoms with Gasteiger partial charge in [-0.2, -0.15) is 0 Å². The highest BCUT2D eigenvalue weighted by molar-refractivity contribution is 5.72. The molecule has 4 heteroatoms. The van der Waals surface area contributed by atoms with Crippen LogP contribution in [0.5, 0.6) is 0 Å². The van der Waals surface area contributed by atoms with Gasteiger partial charge < -0.3 is 14.6 Å². The molecule has 1 N–H and O–H groups in total. The van der Waals surface area contributed by atoms with Gasteiger partial charge in [0.2, 0.25) is 0 Å². The number of carboxylic acids is 1. The Morgan fingerprint density at radius 1 is 1.75 bits per heavy atom. The minimum atomic E-state index is -0.956. The second-order valence-corrected chi connectivity index (χ2v) is 1.48. The number of aliphatic carboxylic acids is 1. The molecule has 0 aromatic carbocycles. The van der Waals surface area contributed by atoms with E-state index in [1.165, 1.54) is 0 Å². The number of hydrogen-bond acceptors (Lipinski definition) is 3. The summed E-state index contributed by atoms with van der Waals surface area (Å²) in [6, 6.07) is 0. The Morgan fingerprint density at radius 2 is 2.50 bits per heavy atom. The molecule has 1 aliphatic rings. The topological polar surface area (TPSA) is 55.8 Å². The minimum absolute atomic E-state index is 0.108. The molecule has 0 saturated carbocycles. The zero-order chi connectivity index (χ0) is 5.98. The van der Waals surface area contributed by atoms with Gasteiger partial charge >= 0.3 is 5.97 Å². The highest BCUT2D eigenvalue weighted by Crippen LogP contribution is 2.01. The van der Waals surface area contributed by atoms with Crippen molar-refractivity contribution in [2.24, 2.45) is 0 Å². The van der Waals surface area contributed by atoms with E-state index in [-0.39, 0.29) is 13.4 Å². The van der Waals surface area contributed by atoms with Crippen molar-refractivity contribution in [3.63, 3.8) is 0 Å². The van der Waals surface area contributed by atoms with Crippen molar-refractivity contribution in [2.45, 2.75) is 6.10 Å². The van der Waals surface area contributed by atoms with Crippen LogP contribution in [-0.2, 0) is 14.3 Å². The van der Waals surface area contributed by atoms with E-state index >= 15 is 0 Å². The van der Waals surface area contributed by atoms with E-state index in [9.17, 15) is 4.79 Å². The lowest BCUT2D eigenvalue weighted by molar-refractivity contribution is -0.146. The highest BCUT2D eigenvalue weighted by Gasteiger charge is 2.22. The zero-order valence-corrected chi connectivity index (χ0v) is 4.16. The van der Waals surface area contributed by atoms with Crippen molar-refractivity contribution in [3.05, 3.63) is 0 Å². The summed E-state index contributed by atoms with van der Waals surface area (Å²) in [6.45, 7) is 0.284. The molecular weight excluding hydrogens is 112 g/mol. The van der Waals surface area contributed by atoms with E-state index in [0.717, 1.165) is 0 Å². The minimum Gasteiger partial charge on any atom is -0.479 e. The fourth-order valence-corrected chi connectivity index (χ4v) is 0.476. The fraction of sp³-hybridized carbons (Fsp3) is 0.750. The van der Waals surface area contributed by atoms with E-state index in [4.69, 9.17) is 5.11 Å². The van der Waals surface area contributed by atoms with Gasteiger partial charge in [0.05, 0.1) is 6.61 Å².